The zero-order chi connectivity index (χ0) is 39.8. The second-order valence-electron chi connectivity index (χ2n) is 15.2. The van der Waals surface area contributed by atoms with E-state index in [4.69, 9.17) is 0 Å². The van der Waals surface area contributed by atoms with Crippen LogP contribution < -0.4 is 9.80 Å². The summed E-state index contributed by atoms with van der Waals surface area (Å²) in [5.41, 5.74) is 12.6. The maximum absolute atomic E-state index is 2.43. The smallest absolute Gasteiger partial charge is 0.0541 e. The van der Waals surface area contributed by atoms with Crippen molar-refractivity contribution in [2.75, 3.05) is 9.80 Å². The van der Waals surface area contributed by atoms with Gasteiger partial charge in [-0.05, 0) is 119 Å². The second kappa shape index (κ2) is 15.1. The molecule has 3 nitrogen and oxygen atoms in total. The number of hydrogen-bond donors (Lipinski definition) is 0. The van der Waals surface area contributed by atoms with Gasteiger partial charge in [-0.1, -0.05) is 146 Å². The van der Waals surface area contributed by atoms with Crippen molar-refractivity contribution >= 4 is 83.2 Å². The van der Waals surface area contributed by atoms with E-state index in [2.05, 4.69) is 251 Å². The lowest BCUT2D eigenvalue weighted by atomic mass is 9.89. The molecule has 0 unspecified atom stereocenters. The fourth-order valence-corrected chi connectivity index (χ4v) is 9.14. The van der Waals surface area contributed by atoms with Gasteiger partial charge in [0, 0.05) is 50.0 Å². The molecule has 0 N–H and O–H groups in total. The Labute approximate surface area is 350 Å². The molecular formula is C57H41N3. The third-order valence-electron chi connectivity index (χ3n) is 11.7. The zero-order valence-corrected chi connectivity index (χ0v) is 33.1. The van der Waals surface area contributed by atoms with Crippen LogP contribution in [-0.2, 0) is 0 Å². The summed E-state index contributed by atoms with van der Waals surface area (Å²) in [6, 6.07) is 74.8. The Kier molecular flexibility index (Phi) is 8.90. The van der Waals surface area contributed by atoms with E-state index in [9.17, 15) is 0 Å². The minimum atomic E-state index is 0.896. The van der Waals surface area contributed by atoms with Gasteiger partial charge >= 0.3 is 0 Å². The summed E-state index contributed by atoms with van der Waals surface area (Å²) in [5.74, 6) is 0. The largest absolute Gasteiger partial charge is 0.310 e. The molecule has 0 amide bonds. The van der Waals surface area contributed by atoms with Gasteiger partial charge in [0.15, 0.2) is 0 Å². The molecule has 0 spiro atoms. The number of nitrogens with zero attached hydrogens (tertiary/aromatic N) is 3. The molecule has 0 saturated carbocycles. The zero-order valence-electron chi connectivity index (χ0n) is 33.1. The Morgan fingerprint density at radius 2 is 0.850 bits per heavy atom. The summed E-state index contributed by atoms with van der Waals surface area (Å²) < 4.78 is 2.42. The normalized spacial score (nSPS) is 12.6. The van der Waals surface area contributed by atoms with E-state index in [-0.39, 0.29) is 0 Å². The quantitative estimate of drug-likeness (QED) is 0.143. The molecule has 1 aliphatic rings. The van der Waals surface area contributed by atoms with Gasteiger partial charge in [0.05, 0.1) is 22.4 Å². The first-order chi connectivity index (χ1) is 29.8. The maximum atomic E-state index is 2.43. The van der Waals surface area contributed by atoms with Crippen molar-refractivity contribution in [3.8, 4) is 11.1 Å². The molecule has 0 saturated heterocycles. The van der Waals surface area contributed by atoms with Crippen LogP contribution in [0.15, 0.2) is 237 Å². The first kappa shape index (κ1) is 35.3. The van der Waals surface area contributed by atoms with E-state index in [1.807, 2.05) is 0 Å². The fourth-order valence-electron chi connectivity index (χ4n) is 9.14. The number of benzene rings is 9. The van der Waals surface area contributed by atoms with Crippen molar-refractivity contribution in [1.29, 1.82) is 0 Å². The van der Waals surface area contributed by atoms with Crippen molar-refractivity contribution in [3.63, 3.8) is 0 Å². The molecule has 10 aromatic rings. The number of aromatic nitrogens is 1. The van der Waals surface area contributed by atoms with Crippen LogP contribution in [0.25, 0.3) is 60.2 Å². The maximum Gasteiger partial charge on any atom is 0.0541 e. The van der Waals surface area contributed by atoms with Crippen LogP contribution >= 0.6 is 0 Å². The first-order valence-corrected chi connectivity index (χ1v) is 20.7. The van der Waals surface area contributed by atoms with Crippen LogP contribution in [0.4, 0.5) is 34.1 Å². The number of allylic oxidation sites excluding steroid dienone is 6. The van der Waals surface area contributed by atoms with Crippen molar-refractivity contribution in [2.45, 2.75) is 6.42 Å². The van der Waals surface area contributed by atoms with Gasteiger partial charge in [0.2, 0.25) is 0 Å². The van der Waals surface area contributed by atoms with Crippen LogP contribution in [0, 0.1) is 0 Å². The van der Waals surface area contributed by atoms with Crippen LogP contribution in [0.2, 0.25) is 0 Å². The molecule has 1 aromatic heterocycles. The molecule has 1 heterocycles. The van der Waals surface area contributed by atoms with Gasteiger partial charge in [0.1, 0.15) is 0 Å². The molecule has 11 rings (SSSR count). The Morgan fingerprint density at radius 3 is 1.40 bits per heavy atom. The number of para-hydroxylation sites is 5. The van der Waals surface area contributed by atoms with Crippen LogP contribution in [0.1, 0.15) is 6.42 Å². The Bertz CT molecular complexity index is 3050. The lowest BCUT2D eigenvalue weighted by Crippen LogP contribution is -2.11. The molecule has 284 valence electrons. The topological polar surface area (TPSA) is 11.4 Å². The summed E-state index contributed by atoms with van der Waals surface area (Å²) in [5, 5.41) is 7.21. The van der Waals surface area contributed by atoms with E-state index < -0.39 is 0 Å². The first-order valence-electron chi connectivity index (χ1n) is 20.7. The predicted molar refractivity (Wildman–Crippen MR) is 256 cm³/mol. The Balaban J connectivity index is 1.25. The van der Waals surface area contributed by atoms with E-state index in [0.29, 0.717) is 0 Å². The van der Waals surface area contributed by atoms with Gasteiger partial charge in [0.25, 0.3) is 0 Å². The third-order valence-corrected chi connectivity index (χ3v) is 11.7. The third kappa shape index (κ3) is 6.07. The van der Waals surface area contributed by atoms with Crippen LogP contribution in [0.3, 0.4) is 0 Å². The van der Waals surface area contributed by atoms with Crippen LogP contribution in [0.5, 0.6) is 0 Å². The van der Waals surface area contributed by atoms with Gasteiger partial charge in [-0.15, -0.1) is 0 Å². The van der Waals surface area contributed by atoms with E-state index in [1.165, 1.54) is 60.2 Å². The number of hydrogen-bond acceptors (Lipinski definition) is 2. The summed E-state index contributed by atoms with van der Waals surface area (Å²) in [6.07, 6.45) is 11.9. The van der Waals surface area contributed by atoms with Crippen molar-refractivity contribution in [3.05, 3.63) is 237 Å². The average molecular weight is 768 g/mol. The Morgan fingerprint density at radius 1 is 0.367 bits per heavy atom. The highest BCUT2D eigenvalue weighted by Gasteiger charge is 2.23. The molecular weight excluding hydrogens is 727 g/mol. The molecule has 9 aromatic carbocycles. The molecule has 0 fully saturated rings. The number of rotatable bonds is 8. The number of anilines is 6. The van der Waals surface area contributed by atoms with Crippen molar-refractivity contribution < 1.29 is 0 Å². The molecule has 3 heteroatoms. The predicted octanol–water partition coefficient (Wildman–Crippen LogP) is 16.1. The standard InChI is InChI=1S/C57H41N3/c1-2-8-30-46(29-7-1)60-53-34-18-17-31-47(53)50-39-41(37-38-56(50)60)57-48-32-19-35-54(58(42-21-9-3-10-22-42)43-23-11-4-12-24-43)51(48)40-52-49(57)33-20-36-55(52)59(44-25-13-5-14-26-44)45-27-15-6-16-28-45/h1-7,9-40H,8H2. The summed E-state index contributed by atoms with van der Waals surface area (Å²) in [7, 11) is 0. The molecule has 0 atom stereocenters. The summed E-state index contributed by atoms with van der Waals surface area (Å²) in [4.78, 5) is 4.79. The Hall–Kier alpha value is -7.88. The minimum absolute atomic E-state index is 0.896. The second-order valence-corrected chi connectivity index (χ2v) is 15.2. The van der Waals surface area contributed by atoms with Gasteiger partial charge < -0.3 is 14.4 Å². The molecule has 1 aliphatic carbocycles. The average Bonchev–Trinajstić information content (AvgIpc) is 3.41. The van der Waals surface area contributed by atoms with Crippen molar-refractivity contribution in [1.82, 2.24) is 4.57 Å². The van der Waals surface area contributed by atoms with Gasteiger partial charge in [-0.2, -0.15) is 0 Å². The molecule has 0 radical (unpaired) electrons. The lowest BCUT2D eigenvalue weighted by molar-refractivity contribution is 1.22. The highest BCUT2D eigenvalue weighted by atomic mass is 15.2. The van der Waals surface area contributed by atoms with Gasteiger partial charge in [-0.3, -0.25) is 0 Å². The fraction of sp³-hybridized carbons (Fsp3) is 0.0175. The molecule has 0 bridgehead atoms. The van der Waals surface area contributed by atoms with Gasteiger partial charge in [-0.25, -0.2) is 0 Å². The molecule has 0 aliphatic heterocycles. The minimum Gasteiger partial charge on any atom is -0.310 e. The number of fused-ring (bicyclic) bond motifs is 5. The van der Waals surface area contributed by atoms with E-state index >= 15 is 0 Å². The highest BCUT2D eigenvalue weighted by Crippen LogP contribution is 2.48. The monoisotopic (exact) mass is 767 g/mol. The molecule has 60 heavy (non-hydrogen) atoms. The van der Waals surface area contributed by atoms with E-state index in [0.717, 1.165) is 40.5 Å². The van der Waals surface area contributed by atoms with Crippen LogP contribution in [-0.4, -0.2) is 4.57 Å². The highest BCUT2D eigenvalue weighted by molar-refractivity contribution is 6.21. The lowest BCUT2D eigenvalue weighted by Gasteiger charge is -2.29. The summed E-state index contributed by atoms with van der Waals surface area (Å²) >= 11 is 0. The van der Waals surface area contributed by atoms with Crippen molar-refractivity contribution in [2.24, 2.45) is 0 Å². The summed E-state index contributed by atoms with van der Waals surface area (Å²) in [6.45, 7) is 0. The van der Waals surface area contributed by atoms with E-state index in [1.54, 1.807) is 0 Å². The SMILES string of the molecule is C1=CCC=C(n2c3ccccc3c3cc(-c4c5cccc(N(c6ccccc6)c6ccccc6)c5cc5c(N(c6ccccc6)c6ccccc6)cccc45)ccc32)C=C1.